The number of hydrogen-bond donors (Lipinski definition) is 1. The van der Waals surface area contributed by atoms with E-state index in [1.165, 1.54) is 29.2 Å². The second-order valence-corrected chi connectivity index (χ2v) is 12.3. The number of halogens is 4. The molecule has 0 aliphatic carbocycles. The minimum absolute atomic E-state index is 0.0233. The van der Waals surface area contributed by atoms with E-state index in [2.05, 4.69) is 5.32 Å². The molecule has 0 aliphatic heterocycles. The van der Waals surface area contributed by atoms with Crippen molar-refractivity contribution >= 4 is 62.3 Å². The number of carbonyl (C=O) groups excluding carboxylic acids is 2. The van der Waals surface area contributed by atoms with Crippen molar-refractivity contribution in [2.75, 3.05) is 10.8 Å². The fourth-order valence-corrected chi connectivity index (χ4v) is 5.84. The van der Waals surface area contributed by atoms with E-state index in [-0.39, 0.29) is 33.2 Å². The zero-order chi connectivity index (χ0) is 29.6. The Morgan fingerprint density at radius 2 is 1.62 bits per heavy atom. The van der Waals surface area contributed by atoms with Crippen molar-refractivity contribution in [1.82, 2.24) is 10.2 Å². The Morgan fingerprint density at radius 1 is 0.950 bits per heavy atom. The van der Waals surface area contributed by atoms with Gasteiger partial charge < -0.3 is 10.2 Å². The second kappa shape index (κ2) is 13.7. The Balaban J connectivity index is 2.06. The zero-order valence-corrected chi connectivity index (χ0v) is 25.2. The molecule has 0 aromatic heterocycles. The van der Waals surface area contributed by atoms with Crippen molar-refractivity contribution in [1.29, 1.82) is 0 Å². The Bertz CT molecular complexity index is 1470. The van der Waals surface area contributed by atoms with Crippen LogP contribution in [0.5, 0.6) is 0 Å². The SMILES string of the molecule is CCC(C)NC(=O)C(C)N(Cc1ccc(Cl)cc1Cl)C(=O)CN(c1ccc(F)c(Cl)c1)S(=O)(=O)c1ccccc1. The third-order valence-electron chi connectivity index (χ3n) is 6.33. The molecule has 0 aliphatic rings. The topological polar surface area (TPSA) is 86.8 Å². The van der Waals surface area contributed by atoms with E-state index in [0.717, 1.165) is 16.4 Å². The van der Waals surface area contributed by atoms with Crippen molar-refractivity contribution in [2.45, 2.75) is 50.7 Å². The van der Waals surface area contributed by atoms with Crippen molar-refractivity contribution in [3.8, 4) is 0 Å². The number of hydrogen-bond acceptors (Lipinski definition) is 4. The molecular weight excluding hydrogens is 600 g/mol. The number of anilines is 1. The van der Waals surface area contributed by atoms with Crippen molar-refractivity contribution in [3.63, 3.8) is 0 Å². The van der Waals surface area contributed by atoms with Crippen LogP contribution in [0.1, 0.15) is 32.8 Å². The number of benzene rings is 3. The summed E-state index contributed by atoms with van der Waals surface area (Å²) in [7, 11) is -4.31. The van der Waals surface area contributed by atoms with Gasteiger partial charge in [-0.1, -0.05) is 66.0 Å². The lowest BCUT2D eigenvalue weighted by Gasteiger charge is -2.32. The van der Waals surface area contributed by atoms with Gasteiger partial charge in [0.05, 0.1) is 15.6 Å². The lowest BCUT2D eigenvalue weighted by atomic mass is 10.1. The fraction of sp³-hybridized carbons (Fsp3) is 0.286. The number of amides is 2. The van der Waals surface area contributed by atoms with Crippen molar-refractivity contribution in [3.05, 3.63) is 93.2 Å². The van der Waals surface area contributed by atoms with Gasteiger partial charge in [-0.15, -0.1) is 0 Å². The molecule has 0 spiro atoms. The van der Waals surface area contributed by atoms with Crippen LogP contribution in [0.3, 0.4) is 0 Å². The number of carbonyl (C=O) groups is 2. The fourth-order valence-electron chi connectivity index (χ4n) is 3.77. The van der Waals surface area contributed by atoms with Gasteiger partial charge in [0.1, 0.15) is 18.4 Å². The van der Waals surface area contributed by atoms with Crippen LogP contribution >= 0.6 is 34.8 Å². The molecule has 7 nitrogen and oxygen atoms in total. The minimum atomic E-state index is -4.31. The van der Waals surface area contributed by atoms with E-state index in [1.807, 2.05) is 13.8 Å². The molecule has 0 saturated heterocycles. The first-order chi connectivity index (χ1) is 18.8. The molecule has 0 saturated carbocycles. The summed E-state index contributed by atoms with van der Waals surface area (Å²) in [6.45, 7) is 4.48. The molecule has 3 rings (SSSR count). The summed E-state index contributed by atoms with van der Waals surface area (Å²) in [6.07, 6.45) is 0.670. The summed E-state index contributed by atoms with van der Waals surface area (Å²) in [5.74, 6) is -1.86. The van der Waals surface area contributed by atoms with Crippen LogP contribution in [0, 0.1) is 5.82 Å². The van der Waals surface area contributed by atoms with Gasteiger partial charge in [-0.05, 0) is 68.3 Å². The zero-order valence-electron chi connectivity index (χ0n) is 22.1. The molecule has 2 atom stereocenters. The Hall–Kier alpha value is -2.85. The van der Waals surface area contributed by atoms with Gasteiger partial charge in [0.15, 0.2) is 0 Å². The minimum Gasteiger partial charge on any atom is -0.352 e. The smallest absolute Gasteiger partial charge is 0.264 e. The first-order valence-electron chi connectivity index (χ1n) is 12.4. The van der Waals surface area contributed by atoms with Crippen LogP contribution in [0.15, 0.2) is 71.6 Å². The van der Waals surface area contributed by atoms with Crippen LogP contribution < -0.4 is 9.62 Å². The molecule has 1 N–H and O–H groups in total. The first-order valence-corrected chi connectivity index (χ1v) is 15.0. The van der Waals surface area contributed by atoms with Crippen molar-refractivity contribution in [2.24, 2.45) is 0 Å². The maximum absolute atomic E-state index is 14.0. The monoisotopic (exact) mass is 627 g/mol. The molecule has 0 bridgehead atoms. The molecule has 2 unspecified atom stereocenters. The highest BCUT2D eigenvalue weighted by Gasteiger charge is 2.33. The average Bonchev–Trinajstić information content (AvgIpc) is 2.92. The third kappa shape index (κ3) is 7.66. The summed E-state index contributed by atoms with van der Waals surface area (Å²) >= 11 is 18.4. The van der Waals surface area contributed by atoms with E-state index in [0.29, 0.717) is 17.0 Å². The average molecular weight is 629 g/mol. The maximum atomic E-state index is 14.0. The van der Waals surface area contributed by atoms with Gasteiger partial charge in [-0.25, -0.2) is 12.8 Å². The predicted octanol–water partition coefficient (Wildman–Crippen LogP) is 6.31. The van der Waals surface area contributed by atoms with Crippen LogP contribution in [0.2, 0.25) is 15.1 Å². The summed E-state index contributed by atoms with van der Waals surface area (Å²) < 4.78 is 42.3. The van der Waals surface area contributed by atoms with Gasteiger partial charge in [0.2, 0.25) is 11.8 Å². The highest BCUT2D eigenvalue weighted by molar-refractivity contribution is 7.92. The second-order valence-electron chi connectivity index (χ2n) is 9.17. The standard InChI is InChI=1S/C28H29Cl3FN3O4S/c1-4-18(2)33-28(37)19(3)34(16-20-10-11-21(29)14-24(20)30)27(36)17-35(22-12-13-26(32)25(31)15-22)40(38,39)23-8-6-5-7-9-23/h5-15,18-19H,4,16-17H2,1-3H3,(H,33,37). The largest absolute Gasteiger partial charge is 0.352 e. The van der Waals surface area contributed by atoms with Crippen LogP contribution in [0.4, 0.5) is 10.1 Å². The van der Waals surface area contributed by atoms with Crippen LogP contribution in [-0.4, -0.2) is 43.8 Å². The van der Waals surface area contributed by atoms with Gasteiger partial charge in [-0.2, -0.15) is 0 Å². The first kappa shape index (κ1) is 31.7. The molecule has 12 heteroatoms. The quantitative estimate of drug-likeness (QED) is 0.270. The van der Waals surface area contributed by atoms with E-state index in [1.54, 1.807) is 37.3 Å². The third-order valence-corrected chi connectivity index (χ3v) is 8.99. The number of nitrogens with one attached hydrogen (secondary N) is 1. The highest BCUT2D eigenvalue weighted by Crippen LogP contribution is 2.29. The normalized spacial score (nSPS) is 12.9. The van der Waals surface area contributed by atoms with Gasteiger partial charge >= 0.3 is 0 Å². The lowest BCUT2D eigenvalue weighted by molar-refractivity contribution is -0.139. The van der Waals surface area contributed by atoms with Crippen LogP contribution in [0.25, 0.3) is 0 Å². The van der Waals surface area contributed by atoms with E-state index >= 15 is 0 Å². The predicted molar refractivity (Wildman–Crippen MR) is 157 cm³/mol. The molecule has 214 valence electrons. The molecule has 40 heavy (non-hydrogen) atoms. The molecule has 0 fully saturated rings. The van der Waals surface area contributed by atoms with Gasteiger partial charge in [-0.3, -0.25) is 13.9 Å². The summed E-state index contributed by atoms with van der Waals surface area (Å²) in [6, 6.07) is 14.5. The molecule has 0 heterocycles. The Morgan fingerprint density at radius 3 is 2.23 bits per heavy atom. The Labute approximate surface area is 248 Å². The molecule has 3 aromatic carbocycles. The molecule has 3 aromatic rings. The summed E-state index contributed by atoms with van der Waals surface area (Å²) in [5.41, 5.74) is 0.481. The Kier molecular flexibility index (Phi) is 10.8. The maximum Gasteiger partial charge on any atom is 0.264 e. The number of rotatable bonds is 11. The number of sulfonamides is 1. The van der Waals surface area contributed by atoms with Gasteiger partial charge in [0.25, 0.3) is 10.0 Å². The summed E-state index contributed by atoms with van der Waals surface area (Å²) in [5, 5.41) is 3.20. The summed E-state index contributed by atoms with van der Waals surface area (Å²) in [4.78, 5) is 28.2. The van der Waals surface area contributed by atoms with E-state index < -0.39 is 40.2 Å². The van der Waals surface area contributed by atoms with Crippen molar-refractivity contribution < 1.29 is 22.4 Å². The molecule has 2 amide bonds. The highest BCUT2D eigenvalue weighted by atomic mass is 35.5. The van der Waals surface area contributed by atoms with Gasteiger partial charge in [0, 0.05) is 22.6 Å². The molecular formula is C28H29Cl3FN3O4S. The lowest BCUT2D eigenvalue weighted by Crippen LogP contribution is -2.52. The van der Waals surface area contributed by atoms with E-state index in [9.17, 15) is 22.4 Å². The number of nitrogens with zero attached hydrogens (tertiary/aromatic N) is 2. The van der Waals surface area contributed by atoms with Crippen LogP contribution in [-0.2, 0) is 26.2 Å². The molecule has 0 radical (unpaired) electrons. The van der Waals surface area contributed by atoms with E-state index in [4.69, 9.17) is 34.8 Å².